The average molecular weight is 359 g/mol. The normalized spacial score (nSPS) is 15.9. The molecule has 0 radical (unpaired) electrons. The van der Waals surface area contributed by atoms with E-state index < -0.39 is 0 Å². The molecule has 0 saturated heterocycles. The first-order valence-corrected chi connectivity index (χ1v) is 8.99. The van der Waals surface area contributed by atoms with Gasteiger partial charge in [0.05, 0.1) is 17.3 Å². The lowest BCUT2D eigenvalue weighted by Gasteiger charge is -2.28. The second kappa shape index (κ2) is 7.98. The Balaban J connectivity index is 1.63. The molecule has 132 valence electrons. The highest BCUT2D eigenvalue weighted by molar-refractivity contribution is 6.30. The summed E-state index contributed by atoms with van der Waals surface area (Å²) in [4.78, 5) is 16.8. The summed E-state index contributed by atoms with van der Waals surface area (Å²) in [6.07, 6.45) is 6.27. The molecule has 1 aromatic carbocycles. The number of methoxy groups -OCH3 is 1. The van der Waals surface area contributed by atoms with E-state index in [1.54, 1.807) is 19.4 Å². The molecule has 0 atom stereocenters. The van der Waals surface area contributed by atoms with Gasteiger partial charge in [0.25, 0.3) is 5.91 Å². The quantitative estimate of drug-likeness (QED) is 0.835. The smallest absolute Gasteiger partial charge is 0.251 e. The first-order chi connectivity index (χ1) is 12.1. The number of ether oxygens (including phenoxy) is 1. The molecule has 4 nitrogen and oxygen atoms in total. The van der Waals surface area contributed by atoms with E-state index in [1.807, 2.05) is 30.3 Å². The fourth-order valence-electron chi connectivity index (χ4n) is 3.51. The molecule has 2 aromatic rings. The standard InChI is InChI=1S/C20H23ClN2O2/c1-25-14-20(10-2-3-11-20)13-23-19(24)16-6-4-15(5-7-16)18-9-8-17(21)12-22-18/h4-9,12H,2-3,10-11,13-14H2,1H3,(H,23,24). The maximum absolute atomic E-state index is 12.5. The van der Waals surface area contributed by atoms with Crippen LogP contribution in [-0.2, 0) is 4.74 Å². The maximum atomic E-state index is 12.5. The molecule has 1 saturated carbocycles. The lowest BCUT2D eigenvalue weighted by molar-refractivity contribution is 0.0741. The number of rotatable bonds is 6. The van der Waals surface area contributed by atoms with Crippen molar-refractivity contribution in [3.63, 3.8) is 0 Å². The van der Waals surface area contributed by atoms with Crippen LogP contribution in [0.1, 0.15) is 36.0 Å². The number of benzene rings is 1. The van der Waals surface area contributed by atoms with Crippen molar-refractivity contribution >= 4 is 17.5 Å². The van der Waals surface area contributed by atoms with Crippen LogP contribution >= 0.6 is 11.6 Å². The van der Waals surface area contributed by atoms with Crippen molar-refractivity contribution in [3.8, 4) is 11.3 Å². The third kappa shape index (κ3) is 4.39. The Morgan fingerprint density at radius 2 is 1.92 bits per heavy atom. The summed E-state index contributed by atoms with van der Waals surface area (Å²) in [6, 6.07) is 11.2. The molecule has 3 rings (SSSR count). The minimum absolute atomic E-state index is 0.0435. The van der Waals surface area contributed by atoms with E-state index in [4.69, 9.17) is 16.3 Å². The summed E-state index contributed by atoms with van der Waals surface area (Å²) < 4.78 is 5.37. The van der Waals surface area contributed by atoms with E-state index in [9.17, 15) is 4.79 Å². The van der Waals surface area contributed by atoms with E-state index in [-0.39, 0.29) is 11.3 Å². The number of nitrogens with zero attached hydrogens (tertiary/aromatic N) is 1. The molecule has 1 amide bonds. The van der Waals surface area contributed by atoms with Gasteiger partial charge >= 0.3 is 0 Å². The van der Waals surface area contributed by atoms with Crippen LogP contribution in [0.4, 0.5) is 0 Å². The maximum Gasteiger partial charge on any atom is 0.251 e. The molecule has 1 N–H and O–H groups in total. The van der Waals surface area contributed by atoms with E-state index in [2.05, 4.69) is 10.3 Å². The predicted molar refractivity (Wildman–Crippen MR) is 99.8 cm³/mol. The highest BCUT2D eigenvalue weighted by Crippen LogP contribution is 2.37. The Hall–Kier alpha value is -1.91. The number of hydrogen-bond donors (Lipinski definition) is 1. The van der Waals surface area contributed by atoms with Crippen LogP contribution in [0.5, 0.6) is 0 Å². The fourth-order valence-corrected chi connectivity index (χ4v) is 3.62. The first kappa shape index (κ1) is 17.9. The van der Waals surface area contributed by atoms with Gasteiger partial charge in [-0.15, -0.1) is 0 Å². The number of hydrogen-bond acceptors (Lipinski definition) is 3. The van der Waals surface area contributed by atoms with Crippen LogP contribution in [0.25, 0.3) is 11.3 Å². The van der Waals surface area contributed by atoms with Crippen LogP contribution in [0.3, 0.4) is 0 Å². The minimum atomic E-state index is -0.0435. The van der Waals surface area contributed by atoms with Gasteiger partial charge in [0.2, 0.25) is 0 Å². The number of pyridine rings is 1. The average Bonchev–Trinajstić information content (AvgIpc) is 3.10. The minimum Gasteiger partial charge on any atom is -0.384 e. The summed E-state index contributed by atoms with van der Waals surface area (Å²) in [6.45, 7) is 1.37. The summed E-state index contributed by atoms with van der Waals surface area (Å²) in [5.41, 5.74) is 2.54. The zero-order valence-electron chi connectivity index (χ0n) is 14.4. The Bertz CT molecular complexity index is 707. The summed E-state index contributed by atoms with van der Waals surface area (Å²) in [7, 11) is 1.73. The van der Waals surface area contributed by atoms with Crippen molar-refractivity contribution in [2.24, 2.45) is 5.41 Å². The summed E-state index contributed by atoms with van der Waals surface area (Å²) in [5, 5.41) is 3.69. The van der Waals surface area contributed by atoms with E-state index in [0.717, 1.165) is 24.1 Å². The number of amides is 1. The lowest BCUT2D eigenvalue weighted by atomic mass is 9.87. The summed E-state index contributed by atoms with van der Waals surface area (Å²) >= 11 is 5.86. The Morgan fingerprint density at radius 1 is 1.20 bits per heavy atom. The van der Waals surface area contributed by atoms with Crippen LogP contribution < -0.4 is 5.32 Å². The molecule has 0 aliphatic heterocycles. The molecular formula is C20H23ClN2O2. The highest BCUT2D eigenvalue weighted by Gasteiger charge is 2.34. The zero-order chi connectivity index (χ0) is 17.7. The molecule has 0 spiro atoms. The summed E-state index contributed by atoms with van der Waals surface area (Å²) in [5.74, 6) is -0.0435. The predicted octanol–water partition coefficient (Wildman–Crippen LogP) is 4.34. The molecule has 0 bridgehead atoms. The topological polar surface area (TPSA) is 51.2 Å². The SMILES string of the molecule is COCC1(CNC(=O)c2ccc(-c3ccc(Cl)cn3)cc2)CCCC1. The molecule has 1 aliphatic carbocycles. The van der Waals surface area contributed by atoms with Gasteiger partial charge in [-0.1, -0.05) is 36.6 Å². The molecule has 25 heavy (non-hydrogen) atoms. The van der Waals surface area contributed by atoms with E-state index >= 15 is 0 Å². The van der Waals surface area contributed by atoms with Crippen molar-refractivity contribution in [3.05, 3.63) is 53.2 Å². The molecular weight excluding hydrogens is 336 g/mol. The fraction of sp³-hybridized carbons (Fsp3) is 0.400. The van der Waals surface area contributed by atoms with Gasteiger partial charge in [-0.05, 0) is 37.1 Å². The zero-order valence-corrected chi connectivity index (χ0v) is 15.2. The van der Waals surface area contributed by atoms with Crippen molar-refractivity contribution in [1.29, 1.82) is 0 Å². The molecule has 1 aromatic heterocycles. The third-order valence-corrected chi connectivity index (χ3v) is 5.13. The van der Waals surface area contributed by atoms with Gasteiger partial charge in [-0.25, -0.2) is 0 Å². The number of aromatic nitrogens is 1. The second-order valence-corrected chi connectivity index (χ2v) is 7.20. The molecule has 1 aliphatic rings. The van der Waals surface area contributed by atoms with Gasteiger partial charge in [0.15, 0.2) is 0 Å². The van der Waals surface area contributed by atoms with Crippen molar-refractivity contribution in [2.45, 2.75) is 25.7 Å². The Morgan fingerprint density at radius 3 is 2.52 bits per heavy atom. The van der Waals surface area contributed by atoms with Crippen molar-refractivity contribution < 1.29 is 9.53 Å². The number of carbonyl (C=O) groups is 1. The van der Waals surface area contributed by atoms with Crippen molar-refractivity contribution in [2.75, 3.05) is 20.3 Å². The molecule has 5 heteroatoms. The van der Waals surface area contributed by atoms with Crippen LogP contribution in [0.15, 0.2) is 42.6 Å². The van der Waals surface area contributed by atoms with Gasteiger partial charge in [-0.3, -0.25) is 9.78 Å². The highest BCUT2D eigenvalue weighted by atomic mass is 35.5. The molecule has 1 heterocycles. The van der Waals surface area contributed by atoms with Crippen molar-refractivity contribution in [1.82, 2.24) is 10.3 Å². The van der Waals surface area contributed by atoms with Crippen LogP contribution in [0.2, 0.25) is 5.02 Å². The lowest BCUT2D eigenvalue weighted by Crippen LogP contribution is -2.38. The van der Waals surface area contributed by atoms with Gasteiger partial charge in [0.1, 0.15) is 0 Å². The number of carbonyl (C=O) groups excluding carboxylic acids is 1. The number of halogens is 1. The molecule has 0 unspecified atom stereocenters. The van der Waals surface area contributed by atoms with Crippen LogP contribution in [0, 0.1) is 5.41 Å². The molecule has 1 fully saturated rings. The van der Waals surface area contributed by atoms with Gasteiger partial charge in [-0.2, -0.15) is 0 Å². The Labute approximate surface area is 153 Å². The van der Waals surface area contributed by atoms with Gasteiger partial charge < -0.3 is 10.1 Å². The van der Waals surface area contributed by atoms with Crippen LogP contribution in [-0.4, -0.2) is 31.2 Å². The first-order valence-electron chi connectivity index (χ1n) is 8.61. The second-order valence-electron chi connectivity index (χ2n) is 6.76. The monoisotopic (exact) mass is 358 g/mol. The Kier molecular flexibility index (Phi) is 5.71. The number of nitrogens with one attached hydrogen (secondary N) is 1. The van der Waals surface area contributed by atoms with E-state index in [0.29, 0.717) is 23.7 Å². The van der Waals surface area contributed by atoms with E-state index in [1.165, 1.54) is 12.8 Å². The largest absolute Gasteiger partial charge is 0.384 e. The van der Waals surface area contributed by atoms with Gasteiger partial charge in [0, 0.05) is 36.4 Å². The third-order valence-electron chi connectivity index (χ3n) is 4.91.